The molecule has 1 amide bonds. The summed E-state index contributed by atoms with van der Waals surface area (Å²) in [4.78, 5) is 14.5. The zero-order valence-electron chi connectivity index (χ0n) is 10.1. The molecule has 1 saturated carbocycles. The molecule has 0 aromatic carbocycles. The van der Waals surface area contributed by atoms with Crippen LogP contribution in [0.3, 0.4) is 0 Å². The van der Waals surface area contributed by atoms with Gasteiger partial charge in [0, 0.05) is 25.2 Å². The Kier molecular flexibility index (Phi) is 4.11. The van der Waals surface area contributed by atoms with Crippen LogP contribution in [0.2, 0.25) is 0 Å². The van der Waals surface area contributed by atoms with Crippen LogP contribution in [-0.4, -0.2) is 32.4 Å². The van der Waals surface area contributed by atoms with Crippen LogP contribution in [0.25, 0.3) is 0 Å². The summed E-state index contributed by atoms with van der Waals surface area (Å²) >= 11 is 0. The average Bonchev–Trinajstić information content (AvgIpc) is 3.18. The smallest absolute Gasteiger partial charge is 0.242 e. The van der Waals surface area contributed by atoms with Crippen LogP contribution in [0.4, 0.5) is 4.39 Å². The summed E-state index contributed by atoms with van der Waals surface area (Å²) in [6, 6.07) is 0.887. The second kappa shape index (κ2) is 5.62. The van der Waals surface area contributed by atoms with Crippen LogP contribution in [0.15, 0.2) is 23.4 Å². The van der Waals surface area contributed by atoms with Crippen molar-refractivity contribution in [2.75, 3.05) is 13.1 Å². The van der Waals surface area contributed by atoms with E-state index in [1.807, 2.05) is 0 Å². The van der Waals surface area contributed by atoms with Gasteiger partial charge in [0.15, 0.2) is 0 Å². The van der Waals surface area contributed by atoms with Gasteiger partial charge in [-0.3, -0.25) is 9.78 Å². The van der Waals surface area contributed by atoms with Gasteiger partial charge in [-0.05, 0) is 18.9 Å². The van der Waals surface area contributed by atoms with Crippen molar-refractivity contribution >= 4 is 15.9 Å². The highest BCUT2D eigenvalue weighted by atomic mass is 32.2. The molecular weight excluding hydrogens is 273 g/mol. The van der Waals surface area contributed by atoms with Gasteiger partial charge in [-0.15, -0.1) is 0 Å². The van der Waals surface area contributed by atoms with Gasteiger partial charge in [-0.2, -0.15) is 0 Å². The summed E-state index contributed by atoms with van der Waals surface area (Å²) in [6.45, 7) is 0.259. The Bertz CT molecular complexity index is 572. The lowest BCUT2D eigenvalue weighted by Gasteiger charge is -2.07. The van der Waals surface area contributed by atoms with Gasteiger partial charge in [0.2, 0.25) is 15.9 Å². The minimum Gasteiger partial charge on any atom is -0.355 e. The number of hydrogen-bond acceptors (Lipinski definition) is 4. The van der Waals surface area contributed by atoms with Gasteiger partial charge in [0.1, 0.15) is 10.7 Å². The van der Waals surface area contributed by atoms with E-state index in [0.29, 0.717) is 0 Å². The highest BCUT2D eigenvalue weighted by Crippen LogP contribution is 2.28. The summed E-state index contributed by atoms with van der Waals surface area (Å²) in [7, 11) is -3.79. The maximum absolute atomic E-state index is 12.9. The summed E-state index contributed by atoms with van der Waals surface area (Å²) in [5.41, 5.74) is 0. The first kappa shape index (κ1) is 13.9. The largest absolute Gasteiger partial charge is 0.355 e. The summed E-state index contributed by atoms with van der Waals surface area (Å²) in [6.07, 6.45) is 3.78. The Labute approximate surface area is 110 Å². The van der Waals surface area contributed by atoms with Gasteiger partial charge in [-0.25, -0.2) is 17.5 Å². The van der Waals surface area contributed by atoms with Crippen LogP contribution < -0.4 is 10.0 Å². The topological polar surface area (TPSA) is 88.2 Å². The molecule has 1 aliphatic carbocycles. The first-order valence-electron chi connectivity index (χ1n) is 5.87. The summed E-state index contributed by atoms with van der Waals surface area (Å²) < 4.78 is 38.6. The Balaban J connectivity index is 1.82. The summed E-state index contributed by atoms with van der Waals surface area (Å²) in [5, 5.41) is 2.62. The number of amides is 1. The van der Waals surface area contributed by atoms with Gasteiger partial charge in [0.05, 0.1) is 6.20 Å². The van der Waals surface area contributed by atoms with Crippen molar-refractivity contribution < 1.29 is 17.6 Å². The second-order valence-electron chi connectivity index (χ2n) is 4.30. The molecule has 1 heterocycles. The van der Waals surface area contributed by atoms with E-state index in [1.165, 1.54) is 0 Å². The first-order valence-corrected chi connectivity index (χ1v) is 7.35. The number of hydrogen-bond donors (Lipinski definition) is 2. The molecule has 19 heavy (non-hydrogen) atoms. The van der Waals surface area contributed by atoms with Crippen LogP contribution in [0, 0.1) is 11.7 Å². The molecule has 0 aliphatic heterocycles. The zero-order chi connectivity index (χ0) is 13.9. The van der Waals surface area contributed by atoms with Gasteiger partial charge in [-0.1, -0.05) is 0 Å². The van der Waals surface area contributed by atoms with E-state index in [4.69, 9.17) is 0 Å². The van der Waals surface area contributed by atoms with Crippen LogP contribution in [0.5, 0.6) is 0 Å². The number of rotatable bonds is 6. The molecule has 1 aliphatic rings. The molecule has 2 rings (SSSR count). The predicted octanol–water partition coefficient (Wildman–Crippen LogP) is 0.0252. The Morgan fingerprint density at radius 3 is 2.74 bits per heavy atom. The average molecular weight is 287 g/mol. The van der Waals surface area contributed by atoms with Gasteiger partial charge in [0.25, 0.3) is 0 Å². The first-order chi connectivity index (χ1) is 8.99. The van der Waals surface area contributed by atoms with E-state index in [0.717, 1.165) is 31.3 Å². The van der Waals surface area contributed by atoms with E-state index in [-0.39, 0.29) is 29.8 Å². The zero-order valence-corrected chi connectivity index (χ0v) is 10.9. The molecule has 0 unspecified atom stereocenters. The second-order valence-corrected chi connectivity index (χ2v) is 6.07. The lowest BCUT2D eigenvalue weighted by molar-refractivity contribution is -0.122. The number of nitrogens with zero attached hydrogens (tertiary/aromatic N) is 1. The molecule has 6 nitrogen and oxygen atoms in total. The molecule has 0 bridgehead atoms. The number of halogens is 1. The number of carbonyl (C=O) groups is 1. The molecule has 8 heteroatoms. The third-order valence-electron chi connectivity index (χ3n) is 2.65. The van der Waals surface area contributed by atoms with Crippen molar-refractivity contribution in [2.45, 2.75) is 17.7 Å². The Hall–Kier alpha value is -1.54. The van der Waals surface area contributed by atoms with Crippen molar-refractivity contribution in [3.8, 4) is 0 Å². The maximum Gasteiger partial charge on any atom is 0.242 e. The SMILES string of the molecule is O=C(NCCNS(=O)(=O)c1cncc(F)c1)C1CC1. The number of nitrogens with one attached hydrogen (secondary N) is 2. The van der Waals surface area contributed by atoms with E-state index in [9.17, 15) is 17.6 Å². The Morgan fingerprint density at radius 2 is 2.11 bits per heavy atom. The normalized spacial score (nSPS) is 15.2. The van der Waals surface area contributed by atoms with Crippen molar-refractivity contribution in [3.05, 3.63) is 24.3 Å². The van der Waals surface area contributed by atoms with E-state index in [1.54, 1.807) is 0 Å². The fourth-order valence-corrected chi connectivity index (χ4v) is 2.49. The molecule has 1 fully saturated rings. The molecule has 0 spiro atoms. The van der Waals surface area contributed by atoms with Crippen molar-refractivity contribution in [3.63, 3.8) is 0 Å². The number of sulfonamides is 1. The summed E-state index contributed by atoms with van der Waals surface area (Å²) in [5.74, 6) is -0.680. The molecule has 1 aromatic rings. The quantitative estimate of drug-likeness (QED) is 0.722. The van der Waals surface area contributed by atoms with Crippen LogP contribution in [-0.2, 0) is 14.8 Å². The van der Waals surface area contributed by atoms with Crippen molar-refractivity contribution in [2.24, 2.45) is 5.92 Å². The Morgan fingerprint density at radius 1 is 1.37 bits per heavy atom. The number of aromatic nitrogens is 1. The van der Waals surface area contributed by atoms with Gasteiger partial charge >= 0.3 is 0 Å². The third kappa shape index (κ3) is 3.97. The predicted molar refractivity (Wildman–Crippen MR) is 65.1 cm³/mol. The fraction of sp³-hybridized carbons (Fsp3) is 0.455. The molecule has 2 N–H and O–H groups in total. The lowest BCUT2D eigenvalue weighted by Crippen LogP contribution is -2.35. The molecule has 0 atom stereocenters. The maximum atomic E-state index is 12.9. The standard InChI is InChI=1S/C11H14FN3O3S/c12-9-5-10(7-13-6-9)19(17,18)15-4-3-14-11(16)8-1-2-8/h5-8,15H,1-4H2,(H,14,16). The van der Waals surface area contributed by atoms with Crippen molar-refractivity contribution in [1.82, 2.24) is 15.0 Å². The van der Waals surface area contributed by atoms with Gasteiger partial charge < -0.3 is 5.32 Å². The number of carbonyl (C=O) groups excluding carboxylic acids is 1. The minimum absolute atomic E-state index is 0.0494. The minimum atomic E-state index is -3.79. The molecule has 0 radical (unpaired) electrons. The van der Waals surface area contributed by atoms with Crippen LogP contribution >= 0.6 is 0 Å². The molecule has 104 valence electrons. The van der Waals surface area contributed by atoms with Crippen molar-refractivity contribution in [1.29, 1.82) is 0 Å². The van der Waals surface area contributed by atoms with E-state index >= 15 is 0 Å². The number of pyridine rings is 1. The van der Waals surface area contributed by atoms with E-state index in [2.05, 4.69) is 15.0 Å². The highest BCUT2D eigenvalue weighted by molar-refractivity contribution is 7.89. The molecular formula is C11H14FN3O3S. The fourth-order valence-electron chi connectivity index (χ4n) is 1.48. The monoisotopic (exact) mass is 287 g/mol. The lowest BCUT2D eigenvalue weighted by atomic mass is 10.4. The van der Waals surface area contributed by atoms with Crippen LogP contribution in [0.1, 0.15) is 12.8 Å². The third-order valence-corrected chi connectivity index (χ3v) is 4.08. The molecule has 0 saturated heterocycles. The highest BCUT2D eigenvalue weighted by Gasteiger charge is 2.29. The molecule has 1 aromatic heterocycles. The van der Waals surface area contributed by atoms with E-state index < -0.39 is 15.8 Å².